The molecule has 0 saturated heterocycles. The lowest BCUT2D eigenvalue weighted by Gasteiger charge is -2.04. The van der Waals surface area contributed by atoms with Crippen molar-refractivity contribution in [3.05, 3.63) is 71.9 Å². The van der Waals surface area contributed by atoms with Gasteiger partial charge in [-0.1, -0.05) is 29.8 Å². The third kappa shape index (κ3) is 4.32. The molecule has 2 heterocycles. The van der Waals surface area contributed by atoms with Gasteiger partial charge in [0.15, 0.2) is 0 Å². The molecule has 0 atom stereocenters. The number of hydrogen-bond acceptors (Lipinski definition) is 4. The molecule has 0 spiro atoms. The van der Waals surface area contributed by atoms with Gasteiger partial charge in [-0.25, -0.2) is 9.97 Å². The van der Waals surface area contributed by atoms with Crippen molar-refractivity contribution in [2.45, 2.75) is 20.4 Å². The second-order valence-electron chi connectivity index (χ2n) is 5.92. The Bertz CT molecular complexity index is 914. The molecule has 0 aliphatic carbocycles. The number of pyridine rings is 1. The highest BCUT2D eigenvalue weighted by Crippen LogP contribution is 2.11. The quantitative estimate of drug-likeness (QED) is 0.740. The third-order valence-corrected chi connectivity index (χ3v) is 3.72. The largest absolute Gasteiger partial charge is 0.347 e. The van der Waals surface area contributed by atoms with Gasteiger partial charge in [0, 0.05) is 19.7 Å². The van der Waals surface area contributed by atoms with Crippen molar-refractivity contribution in [1.29, 1.82) is 0 Å². The van der Waals surface area contributed by atoms with E-state index in [2.05, 4.69) is 20.6 Å². The monoisotopic (exact) mass is 349 g/mol. The summed E-state index contributed by atoms with van der Waals surface area (Å²) in [6.45, 7) is 3.90. The molecular weight excluding hydrogens is 330 g/mol. The van der Waals surface area contributed by atoms with E-state index in [9.17, 15) is 9.59 Å². The summed E-state index contributed by atoms with van der Waals surface area (Å²) in [5.74, 6) is 0.193. The first kappa shape index (κ1) is 17.3. The van der Waals surface area contributed by atoms with Gasteiger partial charge < -0.3 is 10.6 Å². The van der Waals surface area contributed by atoms with Crippen molar-refractivity contribution in [1.82, 2.24) is 19.9 Å². The first-order valence-corrected chi connectivity index (χ1v) is 8.13. The van der Waals surface area contributed by atoms with Crippen LogP contribution in [0.15, 0.2) is 55.1 Å². The molecule has 7 nitrogen and oxygen atoms in total. The minimum atomic E-state index is -0.251. The van der Waals surface area contributed by atoms with Gasteiger partial charge in [0.05, 0.1) is 11.9 Å². The summed E-state index contributed by atoms with van der Waals surface area (Å²) in [5.41, 5.74) is 3.12. The summed E-state index contributed by atoms with van der Waals surface area (Å²) >= 11 is 0. The zero-order chi connectivity index (χ0) is 18.5. The number of carbonyl (C=O) groups is 2. The van der Waals surface area contributed by atoms with Crippen molar-refractivity contribution < 1.29 is 9.59 Å². The molecule has 1 aromatic carbocycles. The predicted octanol–water partition coefficient (Wildman–Crippen LogP) is 2.46. The molecule has 132 valence electrons. The fourth-order valence-electron chi connectivity index (χ4n) is 2.36. The summed E-state index contributed by atoms with van der Waals surface area (Å²) in [6, 6.07) is 11.4. The van der Waals surface area contributed by atoms with Crippen molar-refractivity contribution in [3.8, 4) is 5.82 Å². The van der Waals surface area contributed by atoms with Gasteiger partial charge in [0.2, 0.25) is 5.91 Å². The van der Waals surface area contributed by atoms with Gasteiger partial charge in [-0.15, -0.1) is 0 Å². The Kier molecular flexibility index (Phi) is 5.07. The van der Waals surface area contributed by atoms with Crippen molar-refractivity contribution in [2.24, 2.45) is 0 Å². The second-order valence-corrected chi connectivity index (χ2v) is 5.92. The van der Waals surface area contributed by atoms with E-state index < -0.39 is 0 Å². The molecule has 2 aromatic heterocycles. The van der Waals surface area contributed by atoms with E-state index in [0.29, 0.717) is 23.7 Å². The Hall–Kier alpha value is -3.48. The highest BCUT2D eigenvalue weighted by molar-refractivity contribution is 5.92. The average Bonchev–Trinajstić information content (AvgIpc) is 3.11. The van der Waals surface area contributed by atoms with Crippen LogP contribution in [0.1, 0.15) is 28.5 Å². The molecule has 0 fully saturated rings. The summed E-state index contributed by atoms with van der Waals surface area (Å²) in [7, 11) is 0. The number of amides is 2. The van der Waals surface area contributed by atoms with E-state index in [-0.39, 0.29) is 11.8 Å². The first-order chi connectivity index (χ1) is 12.5. The molecule has 0 saturated carbocycles. The van der Waals surface area contributed by atoms with Crippen LogP contribution in [0.2, 0.25) is 0 Å². The van der Waals surface area contributed by atoms with E-state index in [0.717, 1.165) is 5.56 Å². The Morgan fingerprint density at radius 1 is 1.08 bits per heavy atom. The van der Waals surface area contributed by atoms with E-state index >= 15 is 0 Å². The summed E-state index contributed by atoms with van der Waals surface area (Å²) < 4.78 is 1.65. The third-order valence-electron chi connectivity index (χ3n) is 3.72. The molecule has 0 bridgehead atoms. The molecule has 0 radical (unpaired) electrons. The fourth-order valence-corrected chi connectivity index (χ4v) is 2.36. The maximum absolute atomic E-state index is 12.3. The molecule has 3 rings (SSSR count). The Balaban J connectivity index is 1.64. The minimum absolute atomic E-state index is 0.158. The summed E-state index contributed by atoms with van der Waals surface area (Å²) in [5, 5.41) is 5.50. The number of carbonyl (C=O) groups excluding carboxylic acids is 2. The molecular formula is C19H19N5O2. The molecule has 2 amide bonds. The van der Waals surface area contributed by atoms with Crippen LogP contribution in [-0.2, 0) is 11.3 Å². The number of nitrogens with zero attached hydrogens (tertiary/aromatic N) is 3. The maximum atomic E-state index is 12.3. The summed E-state index contributed by atoms with van der Waals surface area (Å²) in [4.78, 5) is 31.7. The molecule has 0 aliphatic heterocycles. The van der Waals surface area contributed by atoms with Gasteiger partial charge in [-0.05, 0) is 24.6 Å². The van der Waals surface area contributed by atoms with Crippen LogP contribution < -0.4 is 10.6 Å². The van der Waals surface area contributed by atoms with Gasteiger partial charge >= 0.3 is 0 Å². The standard InChI is InChI=1S/C19H19N5O2/c1-13-3-5-15(6-4-13)9-21-19(26)17-11-24(12-22-17)18-8-7-16(10-20-18)23-14(2)25/h3-8,10-12H,9H2,1-2H3,(H,21,26)(H,23,25). The van der Waals surface area contributed by atoms with Crippen LogP contribution in [-0.4, -0.2) is 26.3 Å². The predicted molar refractivity (Wildman–Crippen MR) is 98.0 cm³/mol. The zero-order valence-corrected chi connectivity index (χ0v) is 14.6. The first-order valence-electron chi connectivity index (χ1n) is 8.13. The Labute approximate surface area is 151 Å². The van der Waals surface area contributed by atoms with Crippen LogP contribution in [0, 0.1) is 6.92 Å². The zero-order valence-electron chi connectivity index (χ0n) is 14.6. The molecule has 2 N–H and O–H groups in total. The van der Waals surface area contributed by atoms with Crippen molar-refractivity contribution >= 4 is 17.5 Å². The van der Waals surface area contributed by atoms with E-state index in [1.165, 1.54) is 18.8 Å². The lowest BCUT2D eigenvalue weighted by atomic mass is 10.1. The number of hydrogen-bond donors (Lipinski definition) is 2. The number of aryl methyl sites for hydroxylation is 1. The Morgan fingerprint density at radius 2 is 1.85 bits per heavy atom. The smallest absolute Gasteiger partial charge is 0.271 e. The van der Waals surface area contributed by atoms with Crippen LogP contribution in [0.4, 0.5) is 5.69 Å². The van der Waals surface area contributed by atoms with Crippen LogP contribution in [0.5, 0.6) is 0 Å². The number of imidazole rings is 1. The normalized spacial score (nSPS) is 10.4. The van der Waals surface area contributed by atoms with Crippen LogP contribution in [0.25, 0.3) is 5.82 Å². The lowest BCUT2D eigenvalue weighted by Crippen LogP contribution is -2.23. The van der Waals surface area contributed by atoms with Crippen LogP contribution in [0.3, 0.4) is 0 Å². The van der Waals surface area contributed by atoms with Gasteiger partial charge in [-0.3, -0.25) is 14.2 Å². The van der Waals surface area contributed by atoms with E-state index in [1.54, 1.807) is 29.1 Å². The van der Waals surface area contributed by atoms with Gasteiger partial charge in [0.25, 0.3) is 5.91 Å². The number of nitrogens with one attached hydrogen (secondary N) is 2. The second kappa shape index (κ2) is 7.60. The highest BCUT2D eigenvalue weighted by atomic mass is 16.2. The molecule has 7 heteroatoms. The van der Waals surface area contributed by atoms with Gasteiger partial charge in [0.1, 0.15) is 17.8 Å². The SMILES string of the molecule is CC(=O)Nc1ccc(-n2cnc(C(=O)NCc3ccc(C)cc3)c2)nc1. The maximum Gasteiger partial charge on any atom is 0.271 e. The van der Waals surface area contributed by atoms with Crippen molar-refractivity contribution in [3.63, 3.8) is 0 Å². The minimum Gasteiger partial charge on any atom is -0.347 e. The average molecular weight is 349 g/mol. The Morgan fingerprint density at radius 3 is 2.50 bits per heavy atom. The molecule has 3 aromatic rings. The molecule has 0 unspecified atom stereocenters. The number of rotatable bonds is 5. The lowest BCUT2D eigenvalue weighted by molar-refractivity contribution is -0.114. The van der Waals surface area contributed by atoms with E-state index in [1.807, 2.05) is 31.2 Å². The summed E-state index contributed by atoms with van der Waals surface area (Å²) in [6.07, 6.45) is 4.69. The van der Waals surface area contributed by atoms with Gasteiger partial charge in [-0.2, -0.15) is 0 Å². The van der Waals surface area contributed by atoms with E-state index in [4.69, 9.17) is 0 Å². The van der Waals surface area contributed by atoms with Crippen LogP contribution >= 0.6 is 0 Å². The number of anilines is 1. The number of aromatic nitrogens is 3. The highest BCUT2D eigenvalue weighted by Gasteiger charge is 2.10. The fraction of sp³-hybridized carbons (Fsp3) is 0.158. The van der Waals surface area contributed by atoms with Crippen molar-refractivity contribution in [2.75, 3.05) is 5.32 Å². The molecule has 0 aliphatic rings. The number of benzene rings is 1. The molecule has 26 heavy (non-hydrogen) atoms. The topological polar surface area (TPSA) is 88.9 Å².